The van der Waals surface area contributed by atoms with Gasteiger partial charge in [-0.2, -0.15) is 0 Å². The van der Waals surface area contributed by atoms with Crippen LogP contribution in [0.25, 0.3) is 0 Å². The Hall–Kier alpha value is -1.09. The van der Waals surface area contributed by atoms with Gasteiger partial charge >= 0.3 is 0 Å². The van der Waals surface area contributed by atoms with Gasteiger partial charge < -0.3 is 4.57 Å². The first-order valence-corrected chi connectivity index (χ1v) is 6.45. The Morgan fingerprint density at radius 2 is 2.18 bits per heavy atom. The van der Waals surface area contributed by atoms with Crippen molar-refractivity contribution in [2.75, 3.05) is 19.6 Å². The molecule has 0 aliphatic rings. The van der Waals surface area contributed by atoms with Gasteiger partial charge in [-0.05, 0) is 24.6 Å². The maximum absolute atomic E-state index is 12.1. The van der Waals surface area contributed by atoms with Crippen molar-refractivity contribution in [1.82, 2.24) is 9.47 Å². The second-order valence-corrected chi connectivity index (χ2v) is 4.77. The lowest BCUT2D eigenvalue weighted by molar-refractivity contribution is 0.0916. The predicted octanol–water partition coefficient (Wildman–Crippen LogP) is 2.58. The van der Waals surface area contributed by atoms with Crippen LogP contribution in [-0.2, 0) is 7.05 Å². The van der Waals surface area contributed by atoms with Gasteiger partial charge in [0.05, 0.1) is 12.2 Å². The van der Waals surface area contributed by atoms with E-state index in [1.54, 1.807) is 0 Å². The predicted molar refractivity (Wildman–Crippen MR) is 71.3 cm³/mol. The number of rotatable bonds is 7. The van der Waals surface area contributed by atoms with E-state index >= 15 is 0 Å². The monoisotopic (exact) mass is 236 g/mol. The number of nitrogens with zero attached hydrogens (tertiary/aromatic N) is 2. The Labute approximate surface area is 104 Å². The second-order valence-electron chi connectivity index (χ2n) is 4.77. The summed E-state index contributed by atoms with van der Waals surface area (Å²) in [5.74, 6) is 0.860. The second kappa shape index (κ2) is 6.60. The highest BCUT2D eigenvalue weighted by Crippen LogP contribution is 2.07. The molecule has 3 heteroatoms. The molecule has 1 heterocycles. The Morgan fingerprint density at radius 1 is 1.47 bits per heavy atom. The van der Waals surface area contributed by atoms with Gasteiger partial charge in [0.15, 0.2) is 5.78 Å². The first kappa shape index (κ1) is 14.0. The Balaban J connectivity index is 2.57. The Kier molecular flexibility index (Phi) is 5.42. The molecular formula is C14H24N2O. The maximum atomic E-state index is 12.1. The van der Waals surface area contributed by atoms with Crippen molar-refractivity contribution >= 4 is 5.78 Å². The summed E-state index contributed by atoms with van der Waals surface area (Å²) in [6, 6.07) is 3.80. The molecule has 0 saturated heterocycles. The van der Waals surface area contributed by atoms with Gasteiger partial charge in [0.2, 0.25) is 0 Å². The fraction of sp³-hybridized carbons (Fsp3) is 0.643. The van der Waals surface area contributed by atoms with Gasteiger partial charge in [-0.1, -0.05) is 27.2 Å². The highest BCUT2D eigenvalue weighted by atomic mass is 16.1. The lowest BCUT2D eigenvalue weighted by atomic mass is 10.1. The van der Waals surface area contributed by atoms with E-state index in [1.165, 1.54) is 0 Å². The van der Waals surface area contributed by atoms with Gasteiger partial charge in [-0.25, -0.2) is 0 Å². The lowest BCUT2D eigenvalue weighted by Crippen LogP contribution is -2.34. The summed E-state index contributed by atoms with van der Waals surface area (Å²) in [6.45, 7) is 9.00. The molecule has 0 aromatic carbocycles. The van der Waals surface area contributed by atoms with Gasteiger partial charge in [-0.3, -0.25) is 9.69 Å². The zero-order chi connectivity index (χ0) is 12.8. The number of carbonyl (C=O) groups excluding carboxylic acids is 1. The van der Waals surface area contributed by atoms with Crippen molar-refractivity contribution in [2.45, 2.75) is 27.2 Å². The number of aryl methyl sites for hydroxylation is 1. The molecule has 0 fully saturated rings. The summed E-state index contributed by atoms with van der Waals surface area (Å²) in [5, 5.41) is 0. The van der Waals surface area contributed by atoms with Crippen molar-refractivity contribution in [3.05, 3.63) is 24.0 Å². The van der Waals surface area contributed by atoms with Crippen LogP contribution in [0, 0.1) is 5.92 Å². The largest absolute Gasteiger partial charge is 0.348 e. The molecule has 1 atom stereocenters. The SMILES string of the molecule is CCC(C)CN(CC)CC(=O)c1cccn1C. The fourth-order valence-electron chi connectivity index (χ4n) is 1.91. The minimum absolute atomic E-state index is 0.211. The van der Waals surface area contributed by atoms with Crippen LogP contribution in [0.3, 0.4) is 0 Å². The molecule has 0 aliphatic heterocycles. The van der Waals surface area contributed by atoms with E-state index in [0.717, 1.165) is 25.2 Å². The number of hydrogen-bond donors (Lipinski definition) is 0. The topological polar surface area (TPSA) is 25.2 Å². The van der Waals surface area contributed by atoms with Crippen LogP contribution < -0.4 is 0 Å². The van der Waals surface area contributed by atoms with Crippen LogP contribution in [0.15, 0.2) is 18.3 Å². The molecule has 0 radical (unpaired) electrons. The summed E-state index contributed by atoms with van der Waals surface area (Å²) in [6.07, 6.45) is 3.08. The van der Waals surface area contributed by atoms with Crippen LogP contribution in [-0.4, -0.2) is 34.9 Å². The van der Waals surface area contributed by atoms with Crippen molar-refractivity contribution in [3.8, 4) is 0 Å². The molecule has 0 N–H and O–H groups in total. The molecule has 0 aliphatic carbocycles. The van der Waals surface area contributed by atoms with E-state index in [2.05, 4.69) is 25.7 Å². The van der Waals surface area contributed by atoms with Gasteiger partial charge in [0.25, 0.3) is 0 Å². The summed E-state index contributed by atoms with van der Waals surface area (Å²) in [5.41, 5.74) is 0.799. The fourth-order valence-corrected chi connectivity index (χ4v) is 1.91. The molecule has 0 bridgehead atoms. The molecule has 1 rings (SSSR count). The zero-order valence-electron chi connectivity index (χ0n) is 11.4. The maximum Gasteiger partial charge on any atom is 0.193 e. The van der Waals surface area contributed by atoms with E-state index in [9.17, 15) is 4.79 Å². The molecule has 1 unspecified atom stereocenters. The molecule has 1 aromatic rings. The quantitative estimate of drug-likeness (QED) is 0.680. The summed E-state index contributed by atoms with van der Waals surface area (Å²) in [7, 11) is 1.91. The van der Waals surface area contributed by atoms with Crippen LogP contribution in [0.1, 0.15) is 37.7 Å². The highest BCUT2D eigenvalue weighted by molar-refractivity contribution is 5.96. The van der Waals surface area contributed by atoms with E-state index in [4.69, 9.17) is 0 Å². The number of aromatic nitrogens is 1. The van der Waals surface area contributed by atoms with Crippen LogP contribution in [0.2, 0.25) is 0 Å². The van der Waals surface area contributed by atoms with Crippen LogP contribution in [0.5, 0.6) is 0 Å². The third kappa shape index (κ3) is 4.00. The van der Waals surface area contributed by atoms with E-state index in [1.807, 2.05) is 29.9 Å². The number of Topliss-reactive ketones (excluding diaryl/α,β-unsaturated/α-hetero) is 1. The number of ketones is 1. The molecule has 3 nitrogen and oxygen atoms in total. The minimum atomic E-state index is 0.211. The normalized spacial score (nSPS) is 13.0. The van der Waals surface area contributed by atoms with Gasteiger partial charge in [-0.15, -0.1) is 0 Å². The van der Waals surface area contributed by atoms with Crippen molar-refractivity contribution < 1.29 is 4.79 Å². The lowest BCUT2D eigenvalue weighted by Gasteiger charge is -2.22. The Morgan fingerprint density at radius 3 is 2.65 bits per heavy atom. The molecule has 0 spiro atoms. The minimum Gasteiger partial charge on any atom is -0.348 e. The Bertz CT molecular complexity index is 357. The van der Waals surface area contributed by atoms with Gasteiger partial charge in [0.1, 0.15) is 0 Å². The number of carbonyl (C=O) groups is 1. The molecular weight excluding hydrogens is 212 g/mol. The molecule has 1 aromatic heterocycles. The van der Waals surface area contributed by atoms with Crippen LogP contribution in [0.4, 0.5) is 0 Å². The average Bonchev–Trinajstić information content (AvgIpc) is 2.74. The zero-order valence-corrected chi connectivity index (χ0v) is 11.4. The highest BCUT2D eigenvalue weighted by Gasteiger charge is 2.14. The van der Waals surface area contributed by atoms with E-state index < -0.39 is 0 Å². The van der Waals surface area contributed by atoms with Crippen LogP contribution >= 0.6 is 0 Å². The van der Waals surface area contributed by atoms with Crippen molar-refractivity contribution in [1.29, 1.82) is 0 Å². The van der Waals surface area contributed by atoms with Gasteiger partial charge in [0, 0.05) is 19.8 Å². The van der Waals surface area contributed by atoms with E-state index in [-0.39, 0.29) is 5.78 Å². The molecule has 96 valence electrons. The number of hydrogen-bond acceptors (Lipinski definition) is 2. The molecule has 17 heavy (non-hydrogen) atoms. The first-order valence-electron chi connectivity index (χ1n) is 6.45. The van der Waals surface area contributed by atoms with Crippen molar-refractivity contribution in [2.24, 2.45) is 13.0 Å². The molecule has 0 saturated carbocycles. The average molecular weight is 236 g/mol. The smallest absolute Gasteiger partial charge is 0.193 e. The summed E-state index contributed by atoms with van der Waals surface area (Å²) < 4.78 is 1.89. The van der Waals surface area contributed by atoms with Crippen molar-refractivity contribution in [3.63, 3.8) is 0 Å². The first-order chi connectivity index (χ1) is 8.08. The summed E-state index contributed by atoms with van der Waals surface area (Å²) in [4.78, 5) is 14.3. The third-order valence-electron chi connectivity index (χ3n) is 3.31. The third-order valence-corrected chi connectivity index (χ3v) is 3.31. The van der Waals surface area contributed by atoms with E-state index in [0.29, 0.717) is 12.5 Å². The standard InChI is InChI=1S/C14H24N2O/c1-5-12(3)10-16(6-2)11-14(17)13-8-7-9-15(13)4/h7-9,12H,5-6,10-11H2,1-4H3. The summed E-state index contributed by atoms with van der Waals surface area (Å²) >= 11 is 0. The molecule has 0 amide bonds. The number of likely N-dealkylation sites (N-methyl/N-ethyl adjacent to an activating group) is 1.